The molecule has 0 amide bonds. The first-order chi connectivity index (χ1) is 8.80. The van der Waals surface area contributed by atoms with Crippen molar-refractivity contribution in [1.82, 2.24) is 15.0 Å². The molecule has 0 aliphatic carbocycles. The van der Waals surface area contributed by atoms with Crippen molar-refractivity contribution >= 4 is 21.8 Å². The summed E-state index contributed by atoms with van der Waals surface area (Å²) in [6.07, 6.45) is 3.50. The van der Waals surface area contributed by atoms with E-state index < -0.39 is 10.0 Å². The van der Waals surface area contributed by atoms with Crippen LogP contribution in [0.2, 0.25) is 0 Å². The maximum Gasteiger partial charge on any atom is 0.242 e. The number of aromatic nitrogens is 1. The molecule has 0 fully saturated rings. The quantitative estimate of drug-likeness (QED) is 0.681. The largest absolute Gasteiger partial charge is 0.363 e. The second-order valence-electron chi connectivity index (χ2n) is 4.93. The molecule has 0 aliphatic rings. The summed E-state index contributed by atoms with van der Waals surface area (Å²) in [6, 6.07) is 1.66. The molecule has 0 aromatic carbocycles. The van der Waals surface area contributed by atoms with E-state index in [1.807, 2.05) is 27.0 Å². The van der Waals surface area contributed by atoms with Gasteiger partial charge in [0.25, 0.3) is 0 Å². The summed E-state index contributed by atoms with van der Waals surface area (Å²) in [5, 5.41) is 3.14. The van der Waals surface area contributed by atoms with Crippen LogP contribution >= 0.6 is 11.8 Å². The smallest absolute Gasteiger partial charge is 0.242 e. The predicted octanol–water partition coefficient (Wildman–Crippen LogP) is 1.54. The highest BCUT2D eigenvalue weighted by atomic mass is 32.2. The van der Waals surface area contributed by atoms with Gasteiger partial charge in [-0.3, -0.25) is 0 Å². The number of aromatic amines is 1. The van der Waals surface area contributed by atoms with Crippen molar-refractivity contribution in [1.29, 1.82) is 0 Å². The Labute approximate surface area is 120 Å². The number of sulfonamides is 1. The fraction of sp³-hybridized carbons (Fsp3) is 0.667. The van der Waals surface area contributed by atoms with Gasteiger partial charge >= 0.3 is 0 Å². The molecule has 1 aromatic heterocycles. The third-order valence-electron chi connectivity index (χ3n) is 2.83. The summed E-state index contributed by atoms with van der Waals surface area (Å²) in [5.41, 5.74) is 0.867. The van der Waals surface area contributed by atoms with Crippen molar-refractivity contribution in [2.75, 3.05) is 19.3 Å². The molecular weight excluding hydrogens is 282 g/mol. The zero-order chi connectivity index (χ0) is 14.5. The molecule has 3 N–H and O–H groups in total. The molecule has 0 atom stereocenters. The highest BCUT2D eigenvalue weighted by Crippen LogP contribution is 2.20. The Morgan fingerprint density at radius 1 is 1.42 bits per heavy atom. The van der Waals surface area contributed by atoms with Crippen molar-refractivity contribution in [3.63, 3.8) is 0 Å². The lowest BCUT2D eigenvalue weighted by molar-refractivity contribution is 0.571. The third-order valence-corrected chi connectivity index (χ3v) is 5.46. The van der Waals surface area contributed by atoms with Gasteiger partial charge in [0.1, 0.15) is 0 Å². The van der Waals surface area contributed by atoms with Crippen LogP contribution in [0.25, 0.3) is 0 Å². The van der Waals surface area contributed by atoms with Crippen LogP contribution in [0.5, 0.6) is 0 Å². The fourth-order valence-electron chi connectivity index (χ4n) is 1.36. The summed E-state index contributed by atoms with van der Waals surface area (Å²) in [4.78, 5) is 3.26. The number of nitrogens with one attached hydrogen (secondary N) is 3. The molecule has 7 heteroatoms. The Kier molecular flexibility index (Phi) is 5.91. The highest BCUT2D eigenvalue weighted by molar-refractivity contribution is 8.00. The molecule has 1 heterocycles. The maximum absolute atomic E-state index is 12.1. The van der Waals surface area contributed by atoms with E-state index in [1.165, 1.54) is 6.20 Å². The minimum Gasteiger partial charge on any atom is -0.363 e. The van der Waals surface area contributed by atoms with Gasteiger partial charge in [0.15, 0.2) is 0 Å². The average Bonchev–Trinajstić information content (AvgIpc) is 2.84. The van der Waals surface area contributed by atoms with E-state index in [-0.39, 0.29) is 9.64 Å². The first-order valence-corrected chi connectivity index (χ1v) is 8.94. The van der Waals surface area contributed by atoms with E-state index >= 15 is 0 Å². The van der Waals surface area contributed by atoms with Crippen LogP contribution in [0.3, 0.4) is 0 Å². The van der Waals surface area contributed by atoms with Gasteiger partial charge in [-0.15, -0.1) is 0 Å². The Hall–Kier alpha value is -0.500. The number of thioether (sulfide) groups is 1. The van der Waals surface area contributed by atoms with Crippen LogP contribution in [0.15, 0.2) is 17.2 Å². The van der Waals surface area contributed by atoms with E-state index in [1.54, 1.807) is 17.8 Å². The van der Waals surface area contributed by atoms with Crippen molar-refractivity contribution in [3.8, 4) is 0 Å². The zero-order valence-corrected chi connectivity index (χ0v) is 13.5. The van der Waals surface area contributed by atoms with Crippen molar-refractivity contribution in [2.24, 2.45) is 0 Å². The minimum atomic E-state index is -3.43. The second-order valence-corrected chi connectivity index (χ2v) is 8.21. The van der Waals surface area contributed by atoms with Crippen LogP contribution in [0.1, 0.15) is 26.5 Å². The Morgan fingerprint density at radius 3 is 2.68 bits per heavy atom. The summed E-state index contributed by atoms with van der Waals surface area (Å²) in [7, 11) is -3.43. The van der Waals surface area contributed by atoms with Gasteiger partial charge in [-0.05, 0) is 32.7 Å². The standard InChI is InChI=1S/C12H23N3O2S2/c1-5-13-7-10-6-11(8-14-10)19(16,17)15-9-12(2,3)18-4/h6,8,13-15H,5,7,9H2,1-4H3. The van der Waals surface area contributed by atoms with Gasteiger partial charge in [-0.25, -0.2) is 13.1 Å². The van der Waals surface area contributed by atoms with Crippen LogP contribution < -0.4 is 10.0 Å². The van der Waals surface area contributed by atoms with Gasteiger partial charge in [-0.2, -0.15) is 11.8 Å². The normalized spacial score (nSPS) is 12.8. The Morgan fingerprint density at radius 2 is 2.11 bits per heavy atom. The van der Waals surface area contributed by atoms with Gasteiger partial charge in [0, 0.05) is 29.7 Å². The number of hydrogen-bond acceptors (Lipinski definition) is 4. The van der Waals surface area contributed by atoms with Crippen molar-refractivity contribution in [3.05, 3.63) is 18.0 Å². The van der Waals surface area contributed by atoms with Crippen LogP contribution in [0, 0.1) is 0 Å². The molecule has 0 aliphatic heterocycles. The van der Waals surface area contributed by atoms with Gasteiger partial charge in [0.05, 0.1) is 4.90 Å². The molecule has 5 nitrogen and oxygen atoms in total. The zero-order valence-electron chi connectivity index (χ0n) is 11.9. The van der Waals surface area contributed by atoms with Crippen LogP contribution in [-0.4, -0.2) is 37.5 Å². The molecule has 19 heavy (non-hydrogen) atoms. The summed E-state index contributed by atoms with van der Waals surface area (Å²) in [5.74, 6) is 0. The maximum atomic E-state index is 12.1. The van der Waals surface area contributed by atoms with E-state index in [0.717, 1.165) is 12.2 Å². The Bertz CT molecular complexity index is 495. The number of hydrogen-bond donors (Lipinski definition) is 3. The van der Waals surface area contributed by atoms with E-state index in [0.29, 0.717) is 13.1 Å². The molecule has 1 rings (SSSR count). The topological polar surface area (TPSA) is 74.0 Å². The van der Waals surface area contributed by atoms with Crippen LogP contribution in [0.4, 0.5) is 0 Å². The molecule has 0 saturated carbocycles. The first kappa shape index (κ1) is 16.6. The van der Waals surface area contributed by atoms with Crippen molar-refractivity contribution < 1.29 is 8.42 Å². The predicted molar refractivity (Wildman–Crippen MR) is 81.0 cm³/mol. The molecule has 0 spiro atoms. The monoisotopic (exact) mass is 305 g/mol. The molecule has 0 radical (unpaired) electrons. The van der Waals surface area contributed by atoms with Crippen molar-refractivity contribution in [2.45, 2.75) is 37.0 Å². The minimum absolute atomic E-state index is 0.115. The van der Waals surface area contributed by atoms with E-state index in [9.17, 15) is 8.42 Å². The van der Waals surface area contributed by atoms with Gasteiger partial charge in [0.2, 0.25) is 10.0 Å². The second kappa shape index (κ2) is 6.78. The molecule has 0 saturated heterocycles. The lowest BCUT2D eigenvalue weighted by atomic mass is 10.2. The SMILES string of the molecule is CCNCc1cc(S(=O)(=O)NCC(C)(C)SC)c[nH]1. The lowest BCUT2D eigenvalue weighted by Gasteiger charge is -2.21. The van der Waals surface area contributed by atoms with Crippen LogP contribution in [-0.2, 0) is 16.6 Å². The molecular formula is C12H23N3O2S2. The summed E-state index contributed by atoms with van der Waals surface area (Å²) < 4.78 is 26.8. The third kappa shape index (κ3) is 5.18. The fourth-order valence-corrected chi connectivity index (χ4v) is 2.90. The van der Waals surface area contributed by atoms with Gasteiger partial charge < -0.3 is 10.3 Å². The summed E-state index contributed by atoms with van der Waals surface area (Å²) in [6.45, 7) is 7.92. The van der Waals surface area contributed by atoms with E-state index in [4.69, 9.17) is 0 Å². The van der Waals surface area contributed by atoms with Gasteiger partial charge in [-0.1, -0.05) is 6.92 Å². The summed E-state index contributed by atoms with van der Waals surface area (Å²) >= 11 is 1.63. The number of H-pyrrole nitrogens is 1. The number of rotatable bonds is 8. The molecule has 1 aromatic rings. The average molecular weight is 305 g/mol. The molecule has 0 unspecified atom stereocenters. The first-order valence-electron chi connectivity index (χ1n) is 6.23. The van der Waals surface area contributed by atoms with E-state index in [2.05, 4.69) is 15.0 Å². The lowest BCUT2D eigenvalue weighted by Crippen LogP contribution is -2.35. The Balaban J connectivity index is 2.69. The molecule has 0 bridgehead atoms. The molecule has 110 valence electrons. The highest BCUT2D eigenvalue weighted by Gasteiger charge is 2.22.